The molecule has 0 aliphatic carbocycles. The van der Waals surface area contributed by atoms with E-state index in [2.05, 4.69) is 16.0 Å². The van der Waals surface area contributed by atoms with Gasteiger partial charge in [0.1, 0.15) is 12.8 Å². The molecule has 0 aliphatic heterocycles. The molecular weight excluding hydrogens is 414 g/mol. The molecule has 1 rings (SSSR count). The third-order valence-electron chi connectivity index (χ3n) is 3.71. The van der Waals surface area contributed by atoms with E-state index in [1.807, 2.05) is 13.8 Å². The summed E-state index contributed by atoms with van der Waals surface area (Å²) in [6.45, 7) is 4.60. The molecule has 0 aliphatic rings. The zero-order chi connectivity index (χ0) is 22.2. The number of carbonyl (C=O) groups is 2. The van der Waals surface area contributed by atoms with Crippen molar-refractivity contribution in [3.8, 4) is 0 Å². The molecule has 0 bridgehead atoms. The number of carbonyl (C=O) groups excluding carboxylic acids is 2. The zero-order valence-corrected chi connectivity index (χ0v) is 17.1. The van der Waals surface area contributed by atoms with Gasteiger partial charge in [-0.15, -0.1) is 0 Å². The van der Waals surface area contributed by atoms with Crippen molar-refractivity contribution < 1.29 is 36.7 Å². The second kappa shape index (κ2) is 10.6. The molecule has 2 atom stereocenters. The average molecular weight is 439 g/mol. The smallest absolute Gasteiger partial charge is 0.331 e. The van der Waals surface area contributed by atoms with Crippen molar-refractivity contribution in [1.82, 2.24) is 10.6 Å². The van der Waals surface area contributed by atoms with Crippen molar-refractivity contribution in [2.45, 2.75) is 39.4 Å². The van der Waals surface area contributed by atoms with Gasteiger partial charge in [-0.1, -0.05) is 20.8 Å². The number of anilines is 1. The minimum atomic E-state index is -4.49. The van der Waals surface area contributed by atoms with Gasteiger partial charge in [0.25, 0.3) is 0 Å². The lowest BCUT2D eigenvalue weighted by atomic mass is 10.0. The summed E-state index contributed by atoms with van der Waals surface area (Å²) in [7, 11) is -3.77. The molecule has 0 spiro atoms. The average Bonchev–Trinajstić information content (AvgIpc) is 2.60. The maximum atomic E-state index is 12.6. The summed E-state index contributed by atoms with van der Waals surface area (Å²) >= 11 is 0. The van der Waals surface area contributed by atoms with Gasteiger partial charge in [0.05, 0.1) is 5.56 Å². The second-order valence-electron chi connectivity index (χ2n) is 6.62. The van der Waals surface area contributed by atoms with E-state index in [1.54, 1.807) is 0 Å². The van der Waals surface area contributed by atoms with Crippen LogP contribution in [0.15, 0.2) is 24.3 Å². The highest BCUT2D eigenvalue weighted by Gasteiger charge is 2.30. The standard InChI is InChI=1S/C17H25F3N3O5P/c1-4-29(26,27)28-10-21-15(24)14(9-11(2)3)23-16(25)22-13-7-5-12(6-8-13)17(18,19)20/h5-8,11,14H,4,9-10H2,1-3H3,(H,21,24)(H,26,27)(H2,22,23,25)/t14-/m0/s1. The Bertz CT molecular complexity index is 741. The quantitative estimate of drug-likeness (QED) is 0.347. The normalized spacial score (nSPS) is 14.8. The number of amides is 3. The number of halogens is 3. The molecule has 0 heterocycles. The Labute approximate surface area is 166 Å². The summed E-state index contributed by atoms with van der Waals surface area (Å²) in [5.41, 5.74) is -0.736. The molecule has 0 fully saturated rings. The molecule has 1 aromatic rings. The summed E-state index contributed by atoms with van der Waals surface area (Å²) in [6, 6.07) is 2.08. The number of hydrogen-bond acceptors (Lipinski definition) is 4. The van der Waals surface area contributed by atoms with Crippen LogP contribution < -0.4 is 16.0 Å². The lowest BCUT2D eigenvalue weighted by Crippen LogP contribution is -2.49. The Morgan fingerprint density at radius 1 is 1.21 bits per heavy atom. The summed E-state index contributed by atoms with van der Waals surface area (Å²) in [5, 5.41) is 7.10. The molecule has 1 aromatic carbocycles. The van der Waals surface area contributed by atoms with Gasteiger partial charge < -0.3 is 20.8 Å². The van der Waals surface area contributed by atoms with E-state index in [0.717, 1.165) is 24.3 Å². The molecule has 0 aromatic heterocycles. The van der Waals surface area contributed by atoms with Crippen LogP contribution in [0.1, 0.15) is 32.8 Å². The van der Waals surface area contributed by atoms with Crippen molar-refractivity contribution in [2.75, 3.05) is 18.2 Å². The number of urea groups is 1. The number of alkyl halides is 3. The van der Waals surface area contributed by atoms with E-state index >= 15 is 0 Å². The lowest BCUT2D eigenvalue weighted by Gasteiger charge is -2.21. The van der Waals surface area contributed by atoms with Gasteiger partial charge in [0.2, 0.25) is 5.91 Å². The van der Waals surface area contributed by atoms with Crippen LogP contribution in [-0.4, -0.2) is 35.8 Å². The SMILES string of the molecule is CCP(=O)(O)OCNC(=O)[C@H](CC(C)C)NC(=O)Nc1ccc(C(F)(F)F)cc1. The number of nitrogens with one attached hydrogen (secondary N) is 3. The van der Waals surface area contributed by atoms with E-state index in [0.29, 0.717) is 0 Å². The molecule has 8 nitrogen and oxygen atoms in total. The Morgan fingerprint density at radius 2 is 1.79 bits per heavy atom. The largest absolute Gasteiger partial charge is 0.416 e. The van der Waals surface area contributed by atoms with E-state index in [9.17, 15) is 32.2 Å². The first-order valence-electron chi connectivity index (χ1n) is 8.83. The monoisotopic (exact) mass is 439 g/mol. The summed E-state index contributed by atoms with van der Waals surface area (Å²) in [6.07, 6.45) is -4.34. The molecule has 4 N–H and O–H groups in total. The van der Waals surface area contributed by atoms with Crippen LogP contribution in [-0.2, 0) is 20.1 Å². The summed E-state index contributed by atoms with van der Waals surface area (Å²) in [5.74, 6) is -0.602. The zero-order valence-electron chi connectivity index (χ0n) is 16.2. The summed E-state index contributed by atoms with van der Waals surface area (Å²) in [4.78, 5) is 33.7. The van der Waals surface area contributed by atoms with Gasteiger partial charge in [0.15, 0.2) is 0 Å². The van der Waals surface area contributed by atoms with E-state index in [-0.39, 0.29) is 24.2 Å². The highest BCUT2D eigenvalue weighted by molar-refractivity contribution is 7.52. The van der Waals surface area contributed by atoms with Gasteiger partial charge >= 0.3 is 19.8 Å². The van der Waals surface area contributed by atoms with E-state index in [4.69, 9.17) is 4.52 Å². The highest BCUT2D eigenvalue weighted by atomic mass is 31.2. The van der Waals surface area contributed by atoms with Crippen molar-refractivity contribution in [3.05, 3.63) is 29.8 Å². The Kier molecular flexibility index (Phi) is 9.13. The van der Waals surface area contributed by atoms with E-state index in [1.165, 1.54) is 6.92 Å². The number of benzene rings is 1. The van der Waals surface area contributed by atoms with Crippen LogP contribution in [0.2, 0.25) is 0 Å². The van der Waals surface area contributed by atoms with Gasteiger partial charge in [-0.2, -0.15) is 13.2 Å². The van der Waals surface area contributed by atoms with Crippen LogP contribution in [0.5, 0.6) is 0 Å². The Morgan fingerprint density at radius 3 is 2.28 bits per heavy atom. The minimum Gasteiger partial charge on any atom is -0.331 e. The van der Waals surface area contributed by atoms with Crippen molar-refractivity contribution in [2.24, 2.45) is 5.92 Å². The molecule has 0 saturated carbocycles. The Balaban J connectivity index is 2.68. The van der Waals surface area contributed by atoms with Crippen LogP contribution in [0.4, 0.5) is 23.7 Å². The lowest BCUT2D eigenvalue weighted by molar-refractivity contribution is -0.137. The maximum Gasteiger partial charge on any atom is 0.416 e. The first kappa shape index (κ1) is 24.9. The van der Waals surface area contributed by atoms with Crippen LogP contribution in [0.3, 0.4) is 0 Å². The second-order valence-corrected chi connectivity index (χ2v) is 8.79. The Hall–Kier alpha value is -2.10. The van der Waals surface area contributed by atoms with Gasteiger partial charge in [-0.3, -0.25) is 13.9 Å². The fourth-order valence-electron chi connectivity index (χ4n) is 2.19. The molecule has 0 radical (unpaired) electrons. The molecule has 29 heavy (non-hydrogen) atoms. The van der Waals surface area contributed by atoms with Crippen LogP contribution in [0.25, 0.3) is 0 Å². The van der Waals surface area contributed by atoms with Crippen molar-refractivity contribution >= 4 is 25.2 Å². The van der Waals surface area contributed by atoms with Crippen molar-refractivity contribution in [3.63, 3.8) is 0 Å². The highest BCUT2D eigenvalue weighted by Crippen LogP contribution is 2.40. The fraction of sp³-hybridized carbons (Fsp3) is 0.529. The van der Waals surface area contributed by atoms with E-state index < -0.39 is 44.0 Å². The summed E-state index contributed by atoms with van der Waals surface area (Å²) < 4.78 is 53.8. The topological polar surface area (TPSA) is 117 Å². The first-order valence-corrected chi connectivity index (χ1v) is 10.6. The molecule has 0 saturated heterocycles. The molecular formula is C17H25F3N3O5P. The third-order valence-corrected chi connectivity index (χ3v) is 5.04. The minimum absolute atomic E-state index is 0.0256. The molecule has 3 amide bonds. The van der Waals surface area contributed by atoms with Crippen molar-refractivity contribution in [1.29, 1.82) is 0 Å². The predicted octanol–water partition coefficient (Wildman–Crippen LogP) is 3.54. The molecule has 1 unspecified atom stereocenters. The predicted molar refractivity (Wildman–Crippen MR) is 101 cm³/mol. The van der Waals surface area contributed by atoms with Crippen LogP contribution >= 0.6 is 7.60 Å². The van der Waals surface area contributed by atoms with Gasteiger partial charge in [0, 0.05) is 11.8 Å². The number of rotatable bonds is 9. The number of hydrogen-bond donors (Lipinski definition) is 4. The molecule has 12 heteroatoms. The van der Waals surface area contributed by atoms with Gasteiger partial charge in [-0.05, 0) is 36.6 Å². The van der Waals surface area contributed by atoms with Gasteiger partial charge in [-0.25, -0.2) is 4.79 Å². The third kappa shape index (κ3) is 9.29. The maximum absolute atomic E-state index is 12.6. The first-order chi connectivity index (χ1) is 13.3. The fourth-order valence-corrected chi connectivity index (χ4v) is 2.64. The van der Waals surface area contributed by atoms with Crippen LogP contribution in [0, 0.1) is 5.92 Å². The molecule has 164 valence electrons.